The molecule has 1 N–H and O–H groups in total. The van der Waals surface area contributed by atoms with Crippen LogP contribution in [0.2, 0.25) is 0 Å². The number of hydrogen-bond acceptors (Lipinski definition) is 3. The Morgan fingerprint density at radius 2 is 2.22 bits per heavy atom. The predicted octanol–water partition coefficient (Wildman–Crippen LogP) is 2.64. The summed E-state index contributed by atoms with van der Waals surface area (Å²) >= 11 is 0. The van der Waals surface area contributed by atoms with Gasteiger partial charge in [0.25, 0.3) is 0 Å². The van der Waals surface area contributed by atoms with Crippen molar-refractivity contribution in [3.05, 3.63) is 29.3 Å². The van der Waals surface area contributed by atoms with Crippen LogP contribution >= 0.6 is 0 Å². The second kappa shape index (κ2) is 4.34. The Morgan fingerprint density at radius 1 is 1.50 bits per heavy atom. The highest BCUT2D eigenvalue weighted by Crippen LogP contribution is 2.35. The zero-order valence-corrected chi connectivity index (χ0v) is 10.6. The third-order valence-corrected chi connectivity index (χ3v) is 3.56. The van der Waals surface area contributed by atoms with E-state index >= 15 is 0 Å². The van der Waals surface area contributed by atoms with Gasteiger partial charge in [0.15, 0.2) is 0 Å². The van der Waals surface area contributed by atoms with Crippen LogP contribution in [0.4, 0.5) is 5.69 Å². The van der Waals surface area contributed by atoms with E-state index in [1.54, 1.807) is 12.1 Å². The lowest BCUT2D eigenvalue weighted by atomic mass is 10.00. The van der Waals surface area contributed by atoms with Crippen molar-refractivity contribution in [2.24, 2.45) is 0 Å². The number of benzene rings is 1. The monoisotopic (exact) mass is 244 g/mol. The molecule has 0 saturated carbocycles. The van der Waals surface area contributed by atoms with Crippen LogP contribution in [-0.4, -0.2) is 23.2 Å². The lowest BCUT2D eigenvalue weighted by molar-refractivity contribution is 0.0697. The molecule has 0 spiro atoms. The number of aromatic carboxylic acids is 1. The van der Waals surface area contributed by atoms with Crippen molar-refractivity contribution in [2.75, 3.05) is 11.4 Å². The molecule has 0 aromatic heterocycles. The van der Waals surface area contributed by atoms with Crippen LogP contribution < -0.4 is 4.90 Å². The fraction of sp³-hybridized carbons (Fsp3) is 0.429. The lowest BCUT2D eigenvalue weighted by Crippen LogP contribution is -2.38. The van der Waals surface area contributed by atoms with E-state index in [2.05, 4.69) is 24.8 Å². The molecule has 1 fully saturated rings. The molecule has 2 rings (SSSR count). The van der Waals surface area contributed by atoms with Gasteiger partial charge in [-0.1, -0.05) is 0 Å². The maximum atomic E-state index is 10.9. The Labute approximate surface area is 106 Å². The first-order chi connectivity index (χ1) is 8.45. The van der Waals surface area contributed by atoms with Gasteiger partial charge in [-0.15, -0.1) is 0 Å². The van der Waals surface area contributed by atoms with E-state index in [0.717, 1.165) is 25.1 Å². The van der Waals surface area contributed by atoms with Crippen LogP contribution in [0.25, 0.3) is 0 Å². The van der Waals surface area contributed by atoms with Crippen LogP contribution in [0.3, 0.4) is 0 Å². The van der Waals surface area contributed by atoms with Crippen LogP contribution in [0.15, 0.2) is 18.2 Å². The Balaban J connectivity index is 2.46. The van der Waals surface area contributed by atoms with Gasteiger partial charge in [-0.25, -0.2) is 4.79 Å². The van der Waals surface area contributed by atoms with Crippen molar-refractivity contribution >= 4 is 11.7 Å². The third-order valence-electron chi connectivity index (χ3n) is 3.56. The summed E-state index contributed by atoms with van der Waals surface area (Å²) < 4.78 is 0. The second-order valence-corrected chi connectivity index (χ2v) is 5.22. The Hall–Kier alpha value is -2.02. The van der Waals surface area contributed by atoms with Crippen LogP contribution in [-0.2, 0) is 0 Å². The van der Waals surface area contributed by atoms with Gasteiger partial charge in [0.2, 0.25) is 0 Å². The van der Waals surface area contributed by atoms with Crippen molar-refractivity contribution in [1.29, 1.82) is 5.26 Å². The molecule has 4 heteroatoms. The molecule has 1 aromatic rings. The average molecular weight is 244 g/mol. The van der Waals surface area contributed by atoms with E-state index in [-0.39, 0.29) is 11.1 Å². The van der Waals surface area contributed by atoms with Crippen molar-refractivity contribution in [3.8, 4) is 6.07 Å². The SMILES string of the molecule is CC1(C)CCCN1c1ccc(C(=O)O)cc1C#N. The van der Waals surface area contributed by atoms with Gasteiger partial charge >= 0.3 is 5.97 Å². The topological polar surface area (TPSA) is 64.3 Å². The van der Waals surface area contributed by atoms with Gasteiger partial charge in [-0.3, -0.25) is 0 Å². The highest BCUT2D eigenvalue weighted by atomic mass is 16.4. The van der Waals surface area contributed by atoms with Gasteiger partial charge in [0.1, 0.15) is 6.07 Å². The minimum absolute atomic E-state index is 0.0241. The minimum atomic E-state index is -1.00. The maximum Gasteiger partial charge on any atom is 0.335 e. The molecule has 0 bridgehead atoms. The molecule has 0 atom stereocenters. The standard InChI is InChI=1S/C14H16N2O2/c1-14(2)6-3-7-16(14)12-5-4-10(13(17)18)8-11(12)9-15/h4-5,8H,3,6-7H2,1-2H3,(H,17,18). The molecule has 0 amide bonds. The predicted molar refractivity (Wildman–Crippen MR) is 68.8 cm³/mol. The van der Waals surface area contributed by atoms with E-state index in [0.29, 0.717) is 5.56 Å². The number of carbonyl (C=O) groups is 1. The summed E-state index contributed by atoms with van der Waals surface area (Å²) in [5.74, 6) is -1.00. The highest BCUT2D eigenvalue weighted by Gasteiger charge is 2.33. The number of nitriles is 1. The Morgan fingerprint density at radius 3 is 2.72 bits per heavy atom. The molecule has 1 aromatic carbocycles. The molecule has 0 aliphatic carbocycles. The Kier molecular flexibility index (Phi) is 3.00. The fourth-order valence-electron chi connectivity index (χ4n) is 2.55. The van der Waals surface area contributed by atoms with Crippen LogP contribution in [0.5, 0.6) is 0 Å². The third kappa shape index (κ3) is 2.04. The molecule has 0 radical (unpaired) electrons. The highest BCUT2D eigenvalue weighted by molar-refractivity contribution is 5.89. The molecule has 1 aliphatic rings. The van der Waals surface area contributed by atoms with E-state index < -0.39 is 5.97 Å². The zero-order chi connectivity index (χ0) is 13.3. The average Bonchev–Trinajstić information content (AvgIpc) is 2.67. The number of nitrogens with zero attached hydrogens (tertiary/aromatic N) is 2. The number of rotatable bonds is 2. The first kappa shape index (κ1) is 12.4. The van der Waals surface area contributed by atoms with Gasteiger partial charge in [-0.05, 0) is 44.9 Å². The van der Waals surface area contributed by atoms with E-state index in [9.17, 15) is 10.1 Å². The maximum absolute atomic E-state index is 10.9. The molecule has 1 aliphatic heterocycles. The van der Waals surface area contributed by atoms with Crippen molar-refractivity contribution < 1.29 is 9.90 Å². The normalized spacial score (nSPS) is 17.5. The summed E-state index contributed by atoms with van der Waals surface area (Å²) in [6.45, 7) is 5.20. The van der Waals surface area contributed by atoms with Gasteiger partial charge in [-0.2, -0.15) is 5.26 Å². The van der Waals surface area contributed by atoms with Gasteiger partial charge < -0.3 is 10.0 Å². The second-order valence-electron chi connectivity index (χ2n) is 5.22. The summed E-state index contributed by atoms with van der Waals surface area (Å²) in [6.07, 6.45) is 2.18. The van der Waals surface area contributed by atoms with E-state index in [1.807, 2.05) is 0 Å². The van der Waals surface area contributed by atoms with Crippen molar-refractivity contribution in [1.82, 2.24) is 0 Å². The summed E-state index contributed by atoms with van der Waals surface area (Å²) in [5.41, 5.74) is 1.46. The van der Waals surface area contributed by atoms with Crippen molar-refractivity contribution in [2.45, 2.75) is 32.2 Å². The molecule has 0 unspecified atom stereocenters. The molecular weight excluding hydrogens is 228 g/mol. The summed E-state index contributed by atoms with van der Waals surface area (Å²) in [5, 5.41) is 18.1. The van der Waals surface area contributed by atoms with Gasteiger partial charge in [0, 0.05) is 12.1 Å². The molecule has 4 nitrogen and oxygen atoms in total. The Bertz CT molecular complexity index is 529. The quantitative estimate of drug-likeness (QED) is 0.868. The number of hydrogen-bond donors (Lipinski definition) is 1. The zero-order valence-electron chi connectivity index (χ0n) is 10.6. The lowest BCUT2D eigenvalue weighted by Gasteiger charge is -2.34. The van der Waals surface area contributed by atoms with E-state index in [1.165, 1.54) is 6.07 Å². The number of carboxylic acids is 1. The fourth-order valence-corrected chi connectivity index (χ4v) is 2.55. The number of anilines is 1. The summed E-state index contributed by atoms with van der Waals surface area (Å²) in [6, 6.07) is 6.86. The van der Waals surface area contributed by atoms with Crippen molar-refractivity contribution in [3.63, 3.8) is 0 Å². The smallest absolute Gasteiger partial charge is 0.335 e. The van der Waals surface area contributed by atoms with E-state index in [4.69, 9.17) is 5.11 Å². The van der Waals surface area contributed by atoms with Gasteiger partial charge in [0.05, 0.1) is 16.8 Å². The molecular formula is C14H16N2O2. The summed E-state index contributed by atoms with van der Waals surface area (Å²) in [4.78, 5) is 13.1. The largest absolute Gasteiger partial charge is 0.478 e. The summed E-state index contributed by atoms with van der Waals surface area (Å²) in [7, 11) is 0. The minimum Gasteiger partial charge on any atom is -0.478 e. The van der Waals surface area contributed by atoms with Crippen LogP contribution in [0, 0.1) is 11.3 Å². The number of carboxylic acid groups (broad SMARTS) is 1. The molecule has 1 saturated heterocycles. The van der Waals surface area contributed by atoms with Crippen LogP contribution in [0.1, 0.15) is 42.6 Å². The molecule has 94 valence electrons. The molecule has 18 heavy (non-hydrogen) atoms. The molecule has 1 heterocycles. The first-order valence-corrected chi connectivity index (χ1v) is 6.01. The first-order valence-electron chi connectivity index (χ1n) is 6.01.